The molecule has 2 N–H and O–H groups in total. The molecule has 38 heavy (non-hydrogen) atoms. The number of halogens is 1. The first kappa shape index (κ1) is 26.8. The van der Waals surface area contributed by atoms with E-state index in [0.717, 1.165) is 49.9 Å². The van der Waals surface area contributed by atoms with E-state index in [0.29, 0.717) is 29.5 Å². The van der Waals surface area contributed by atoms with Crippen LogP contribution in [0.3, 0.4) is 0 Å². The predicted octanol–water partition coefficient (Wildman–Crippen LogP) is 4.73. The van der Waals surface area contributed by atoms with Gasteiger partial charge in [0.05, 0.1) is 16.0 Å². The zero-order valence-corrected chi connectivity index (χ0v) is 23.0. The molecule has 0 spiro atoms. The summed E-state index contributed by atoms with van der Waals surface area (Å²) in [7, 11) is -3.94. The van der Waals surface area contributed by atoms with Crippen LogP contribution in [0.4, 0.5) is 10.1 Å². The molecule has 3 heterocycles. The Bertz CT molecular complexity index is 1350. The lowest BCUT2D eigenvalue weighted by Crippen LogP contribution is -2.51. The van der Waals surface area contributed by atoms with E-state index in [1.807, 2.05) is 6.92 Å². The van der Waals surface area contributed by atoms with E-state index in [-0.39, 0.29) is 22.7 Å². The van der Waals surface area contributed by atoms with Gasteiger partial charge in [-0.3, -0.25) is 4.79 Å². The van der Waals surface area contributed by atoms with Gasteiger partial charge in [0.25, 0.3) is 0 Å². The highest BCUT2D eigenvalue weighted by molar-refractivity contribution is 7.89. The number of oxazole rings is 1. The highest BCUT2D eigenvalue weighted by atomic mass is 32.2. The number of thiophene rings is 1. The molecule has 0 radical (unpaired) electrons. The van der Waals surface area contributed by atoms with Crippen LogP contribution in [0.15, 0.2) is 51.5 Å². The first-order chi connectivity index (χ1) is 18.3. The Morgan fingerprint density at radius 1 is 1.26 bits per heavy atom. The van der Waals surface area contributed by atoms with Gasteiger partial charge in [0.15, 0.2) is 12.2 Å². The largest absolute Gasteiger partial charge is 0.443 e. The van der Waals surface area contributed by atoms with Gasteiger partial charge in [0.2, 0.25) is 15.9 Å². The molecule has 2 aromatic heterocycles. The van der Waals surface area contributed by atoms with Crippen LogP contribution in [0.5, 0.6) is 0 Å². The molecule has 2 atom stereocenters. The van der Waals surface area contributed by atoms with Crippen molar-refractivity contribution in [2.45, 2.75) is 68.8 Å². The van der Waals surface area contributed by atoms with Crippen LogP contribution < -0.4 is 14.9 Å². The molecule has 3 aromatic rings. The third-order valence-corrected chi connectivity index (χ3v) is 9.93. The molecule has 1 aliphatic heterocycles. The second-order valence-electron chi connectivity index (χ2n) is 10.3. The van der Waals surface area contributed by atoms with Crippen LogP contribution >= 0.6 is 11.3 Å². The average molecular weight is 561 g/mol. The molecule has 5 rings (SSSR count). The number of aromatic nitrogens is 1. The lowest BCUT2D eigenvalue weighted by molar-refractivity contribution is -0.123. The quantitative estimate of drug-likeness (QED) is 0.372. The van der Waals surface area contributed by atoms with Crippen molar-refractivity contribution in [1.82, 2.24) is 15.0 Å². The normalized spacial score (nSPS) is 17.8. The van der Waals surface area contributed by atoms with Gasteiger partial charge in [0, 0.05) is 30.2 Å². The number of amides is 1. The number of carbonyl (C=O) groups is 1. The highest BCUT2D eigenvalue weighted by Crippen LogP contribution is 2.31. The summed E-state index contributed by atoms with van der Waals surface area (Å²) < 4.78 is 48.3. The summed E-state index contributed by atoms with van der Waals surface area (Å²) in [6.07, 6.45) is 9.42. The van der Waals surface area contributed by atoms with Crippen molar-refractivity contribution in [3.63, 3.8) is 0 Å². The van der Waals surface area contributed by atoms with Crippen molar-refractivity contribution < 1.29 is 22.0 Å². The van der Waals surface area contributed by atoms with E-state index in [1.54, 1.807) is 23.6 Å². The predicted molar refractivity (Wildman–Crippen MR) is 145 cm³/mol. The van der Waals surface area contributed by atoms with E-state index in [2.05, 4.69) is 19.9 Å². The number of carbonyl (C=O) groups excluding carboxylic acids is 1. The lowest BCUT2D eigenvalue weighted by Gasteiger charge is -2.29. The number of hydrogen-bond donors (Lipinski definition) is 2. The summed E-state index contributed by atoms with van der Waals surface area (Å²) in [5.74, 6) is 0.220. The Labute approximate surface area is 226 Å². The van der Waals surface area contributed by atoms with Gasteiger partial charge < -0.3 is 14.6 Å². The van der Waals surface area contributed by atoms with Crippen LogP contribution in [0.25, 0.3) is 10.6 Å². The zero-order chi connectivity index (χ0) is 26.7. The fourth-order valence-corrected chi connectivity index (χ4v) is 7.93. The summed E-state index contributed by atoms with van der Waals surface area (Å²) in [5, 5.41) is 4.59. The van der Waals surface area contributed by atoms with Crippen molar-refractivity contribution >= 4 is 33.0 Å². The molecule has 1 saturated carbocycles. The smallest absolute Gasteiger partial charge is 0.242 e. The van der Waals surface area contributed by atoms with Gasteiger partial charge in [-0.15, -0.1) is 11.3 Å². The summed E-state index contributed by atoms with van der Waals surface area (Å²) in [5.41, 5.74) is 1.94. The number of nitrogens with one attached hydrogen (secondary N) is 2. The summed E-state index contributed by atoms with van der Waals surface area (Å²) in [4.78, 5) is 20.2. The van der Waals surface area contributed by atoms with Crippen molar-refractivity contribution in [1.29, 1.82) is 0 Å². The van der Waals surface area contributed by atoms with Gasteiger partial charge in [0.1, 0.15) is 11.9 Å². The topological polar surface area (TPSA) is 105 Å². The molecule has 1 fully saturated rings. The monoisotopic (exact) mass is 560 g/mol. The van der Waals surface area contributed by atoms with Crippen molar-refractivity contribution in [3.05, 3.63) is 53.6 Å². The minimum absolute atomic E-state index is 0.101. The number of anilines is 1. The maximum atomic E-state index is 13.6. The highest BCUT2D eigenvalue weighted by Gasteiger charge is 2.31. The average Bonchev–Trinajstić information content (AvgIpc) is 3.65. The molecular formula is C27H33FN4O4S2. The maximum Gasteiger partial charge on any atom is 0.242 e. The third kappa shape index (κ3) is 6.27. The fraction of sp³-hybridized carbons (Fsp3) is 0.481. The number of fused-ring (bicyclic) bond motifs is 1. The van der Waals surface area contributed by atoms with Crippen LogP contribution in [0.1, 0.15) is 51.0 Å². The molecule has 204 valence electrons. The molecule has 2 aliphatic rings. The second-order valence-corrected chi connectivity index (χ2v) is 12.9. The number of nitrogens with zero attached hydrogens (tertiary/aromatic N) is 2. The molecule has 0 saturated heterocycles. The van der Waals surface area contributed by atoms with Gasteiger partial charge in [-0.05, 0) is 55.5 Å². The summed E-state index contributed by atoms with van der Waals surface area (Å²) in [6.45, 7) is 3.22. The van der Waals surface area contributed by atoms with Crippen LogP contribution in [-0.2, 0) is 21.2 Å². The van der Waals surface area contributed by atoms with Crippen molar-refractivity contribution in [2.24, 2.45) is 5.92 Å². The van der Waals surface area contributed by atoms with Crippen LogP contribution in [0.2, 0.25) is 0 Å². The molecule has 1 amide bonds. The Morgan fingerprint density at radius 3 is 2.84 bits per heavy atom. The van der Waals surface area contributed by atoms with Crippen molar-refractivity contribution in [3.8, 4) is 10.6 Å². The van der Waals surface area contributed by atoms with Crippen molar-refractivity contribution in [2.75, 3.05) is 18.0 Å². The summed E-state index contributed by atoms with van der Waals surface area (Å²) >= 11 is 1.25. The van der Waals surface area contributed by atoms with E-state index in [1.165, 1.54) is 36.4 Å². The van der Waals surface area contributed by atoms with E-state index >= 15 is 0 Å². The molecule has 1 aromatic carbocycles. The number of sulfonamides is 1. The minimum atomic E-state index is -3.94. The molecule has 1 aliphatic carbocycles. The first-order valence-electron chi connectivity index (χ1n) is 13.1. The molecule has 8 nitrogen and oxygen atoms in total. The second kappa shape index (κ2) is 11.5. The fourth-order valence-electron chi connectivity index (χ4n) is 5.49. The van der Waals surface area contributed by atoms with Gasteiger partial charge >= 0.3 is 0 Å². The van der Waals surface area contributed by atoms with E-state index < -0.39 is 16.1 Å². The number of benzene rings is 1. The molecule has 0 unspecified atom stereocenters. The van der Waals surface area contributed by atoms with Gasteiger partial charge in [-0.1, -0.05) is 32.1 Å². The number of hydrogen-bond acceptors (Lipinski definition) is 7. The first-order valence-corrected chi connectivity index (χ1v) is 15.5. The standard InChI is InChI=1S/C27H33FN4O4S2/c1-18(15-32-10-9-20-12-21(28)7-8-24(20)32)30-27(33)23(11-19-5-3-2-4-6-19)31-38(34,35)22-13-26(37-16-22)25-14-29-17-36-25/h7-8,12-14,16-19,23,31H,2-6,9-11,15H2,1H3,(H,30,33)/t18-,23-/m0/s1. The molecular weight excluding hydrogens is 527 g/mol. The maximum absolute atomic E-state index is 13.6. The SMILES string of the molecule is C[C@@H](CN1CCc2cc(F)ccc21)NC(=O)[C@H](CC1CCCCC1)NS(=O)(=O)c1csc(-c2cnco2)c1. The third-order valence-electron chi connectivity index (χ3n) is 7.38. The number of rotatable bonds is 10. The molecule has 0 bridgehead atoms. The molecule has 11 heteroatoms. The lowest BCUT2D eigenvalue weighted by atomic mass is 9.85. The van der Waals surface area contributed by atoms with E-state index in [4.69, 9.17) is 4.42 Å². The van der Waals surface area contributed by atoms with Crippen LogP contribution in [-0.4, -0.2) is 44.5 Å². The Morgan fingerprint density at radius 2 is 2.08 bits per heavy atom. The Balaban J connectivity index is 1.27. The van der Waals surface area contributed by atoms with E-state index in [9.17, 15) is 17.6 Å². The summed E-state index contributed by atoms with van der Waals surface area (Å²) in [6, 6.07) is 5.23. The Hall–Kier alpha value is -2.76. The van der Waals surface area contributed by atoms with Crippen LogP contribution in [0, 0.1) is 11.7 Å². The van der Waals surface area contributed by atoms with Gasteiger partial charge in [-0.25, -0.2) is 17.8 Å². The zero-order valence-electron chi connectivity index (χ0n) is 21.4. The Kier molecular flexibility index (Phi) is 8.15. The van der Waals surface area contributed by atoms with Gasteiger partial charge in [-0.2, -0.15) is 4.72 Å². The minimum Gasteiger partial charge on any atom is -0.443 e.